The van der Waals surface area contributed by atoms with E-state index >= 15 is 0 Å². The number of hydrogen-bond donors (Lipinski definition) is 1. The quantitative estimate of drug-likeness (QED) is 0.670. The molecule has 2 aromatic carbocycles. The van der Waals surface area contributed by atoms with E-state index in [2.05, 4.69) is 10.3 Å². The Hall–Kier alpha value is -2.94. The van der Waals surface area contributed by atoms with Gasteiger partial charge in [0, 0.05) is 12.6 Å². The summed E-state index contributed by atoms with van der Waals surface area (Å²) in [5.74, 6) is -0.954. The van der Waals surface area contributed by atoms with E-state index in [0.29, 0.717) is 0 Å². The van der Waals surface area contributed by atoms with Gasteiger partial charge in [-0.2, -0.15) is 13.2 Å². The van der Waals surface area contributed by atoms with Crippen LogP contribution in [-0.4, -0.2) is 35.3 Å². The molecule has 1 N–H and O–H groups in total. The number of nitrogens with one attached hydrogen (secondary N) is 1. The van der Waals surface area contributed by atoms with E-state index in [1.807, 2.05) is 31.2 Å². The summed E-state index contributed by atoms with van der Waals surface area (Å²) in [6, 6.07) is 11.2. The first kappa shape index (κ1) is 20.8. The molecule has 29 heavy (non-hydrogen) atoms. The second-order valence-corrected chi connectivity index (χ2v) is 7.52. The Bertz CT molecular complexity index is 998. The Morgan fingerprint density at radius 2 is 1.79 bits per heavy atom. The van der Waals surface area contributed by atoms with Gasteiger partial charge in [-0.15, -0.1) is 11.3 Å². The average molecular weight is 421 g/mol. The van der Waals surface area contributed by atoms with Gasteiger partial charge in [0.15, 0.2) is 0 Å². The molecule has 0 saturated heterocycles. The van der Waals surface area contributed by atoms with Gasteiger partial charge < -0.3 is 10.2 Å². The van der Waals surface area contributed by atoms with Gasteiger partial charge in [-0.3, -0.25) is 9.59 Å². The number of nitrogens with zero attached hydrogens (tertiary/aromatic N) is 2. The maximum Gasteiger partial charge on any atom is 0.416 e. The number of aromatic nitrogens is 1. The molecule has 9 heteroatoms. The molecule has 1 atom stereocenters. The summed E-state index contributed by atoms with van der Waals surface area (Å²) in [7, 11) is 1.61. The van der Waals surface area contributed by atoms with Crippen LogP contribution in [-0.2, 0) is 11.0 Å². The molecule has 0 bridgehead atoms. The van der Waals surface area contributed by atoms with E-state index in [0.717, 1.165) is 39.5 Å². The first-order valence-corrected chi connectivity index (χ1v) is 9.55. The zero-order valence-corrected chi connectivity index (χ0v) is 16.5. The molecule has 2 amide bonds. The van der Waals surface area contributed by atoms with Crippen LogP contribution in [0.1, 0.15) is 33.9 Å². The molecule has 1 aromatic heterocycles. The predicted octanol–water partition coefficient (Wildman–Crippen LogP) is 4.26. The van der Waals surface area contributed by atoms with E-state index in [-0.39, 0.29) is 24.1 Å². The van der Waals surface area contributed by atoms with Crippen molar-refractivity contribution in [3.05, 3.63) is 64.7 Å². The van der Waals surface area contributed by atoms with Gasteiger partial charge in [0.25, 0.3) is 5.91 Å². The molecule has 3 aromatic rings. The van der Waals surface area contributed by atoms with Crippen molar-refractivity contribution >= 4 is 33.4 Å². The summed E-state index contributed by atoms with van der Waals surface area (Å²) in [4.78, 5) is 30.6. The summed E-state index contributed by atoms with van der Waals surface area (Å²) in [5.41, 5.74) is 0.0676. The van der Waals surface area contributed by atoms with Crippen LogP contribution in [0.25, 0.3) is 10.2 Å². The molecule has 0 radical (unpaired) electrons. The SMILES string of the molecule is CC(c1nc2ccccc2s1)N(C)C(=O)CNC(=O)c1ccc(C(F)(F)F)cc1. The minimum absolute atomic E-state index is 0.0488. The molecular formula is C20H18F3N3O2S. The van der Waals surface area contributed by atoms with Crippen LogP contribution in [0, 0.1) is 0 Å². The second-order valence-electron chi connectivity index (χ2n) is 6.46. The molecule has 152 valence electrons. The third-order valence-corrected chi connectivity index (χ3v) is 5.72. The maximum absolute atomic E-state index is 12.6. The average Bonchev–Trinajstić information content (AvgIpc) is 3.14. The van der Waals surface area contributed by atoms with Gasteiger partial charge in [-0.25, -0.2) is 4.98 Å². The van der Waals surface area contributed by atoms with Crippen LogP contribution in [0.2, 0.25) is 0 Å². The van der Waals surface area contributed by atoms with E-state index < -0.39 is 17.6 Å². The number of amides is 2. The highest BCUT2D eigenvalue weighted by Crippen LogP contribution is 2.30. The van der Waals surface area contributed by atoms with E-state index in [9.17, 15) is 22.8 Å². The molecule has 0 fully saturated rings. The van der Waals surface area contributed by atoms with Gasteiger partial charge in [0.05, 0.1) is 28.4 Å². The third kappa shape index (κ3) is 4.73. The van der Waals surface area contributed by atoms with Crippen LogP contribution in [0.5, 0.6) is 0 Å². The highest BCUT2D eigenvalue weighted by Gasteiger charge is 2.30. The summed E-state index contributed by atoms with van der Waals surface area (Å²) >= 11 is 1.49. The number of fused-ring (bicyclic) bond motifs is 1. The number of para-hydroxylation sites is 1. The van der Waals surface area contributed by atoms with Crippen LogP contribution < -0.4 is 5.32 Å². The molecule has 0 aliphatic carbocycles. The maximum atomic E-state index is 12.6. The lowest BCUT2D eigenvalue weighted by molar-refractivity contribution is -0.137. The zero-order valence-electron chi connectivity index (χ0n) is 15.7. The number of benzene rings is 2. The number of carbonyl (C=O) groups excluding carboxylic acids is 2. The first-order chi connectivity index (χ1) is 13.7. The Labute approximate surface area is 169 Å². The fourth-order valence-corrected chi connectivity index (χ4v) is 3.71. The van der Waals surface area contributed by atoms with E-state index in [4.69, 9.17) is 0 Å². The van der Waals surface area contributed by atoms with Crippen LogP contribution in [0.3, 0.4) is 0 Å². The first-order valence-electron chi connectivity index (χ1n) is 8.73. The van der Waals surface area contributed by atoms with Crippen molar-refractivity contribution in [1.29, 1.82) is 0 Å². The highest BCUT2D eigenvalue weighted by atomic mass is 32.1. The lowest BCUT2D eigenvalue weighted by Crippen LogP contribution is -2.39. The zero-order chi connectivity index (χ0) is 21.2. The molecule has 0 saturated carbocycles. The lowest BCUT2D eigenvalue weighted by Gasteiger charge is -2.23. The molecular weight excluding hydrogens is 403 g/mol. The summed E-state index contributed by atoms with van der Waals surface area (Å²) < 4.78 is 38.8. The minimum atomic E-state index is -4.47. The van der Waals surface area contributed by atoms with Gasteiger partial charge in [0.2, 0.25) is 5.91 Å². The number of alkyl halides is 3. The minimum Gasteiger partial charge on any atom is -0.343 e. The molecule has 5 nitrogen and oxygen atoms in total. The molecule has 0 aliphatic heterocycles. The standard InChI is InChI=1S/C20H18F3N3O2S/c1-12(19-25-15-5-3-4-6-16(15)29-19)26(2)17(27)11-24-18(28)13-7-9-14(10-8-13)20(21,22)23/h3-10,12H,11H2,1-2H3,(H,24,28). The fraction of sp³-hybridized carbons (Fsp3) is 0.250. The normalized spacial score (nSPS) is 12.6. The van der Waals surface area contributed by atoms with Crippen molar-refractivity contribution in [3.63, 3.8) is 0 Å². The topological polar surface area (TPSA) is 62.3 Å². The van der Waals surface area contributed by atoms with E-state index in [1.54, 1.807) is 7.05 Å². The lowest BCUT2D eigenvalue weighted by atomic mass is 10.1. The van der Waals surface area contributed by atoms with Gasteiger partial charge in [-0.1, -0.05) is 12.1 Å². The van der Waals surface area contributed by atoms with Crippen molar-refractivity contribution in [1.82, 2.24) is 15.2 Å². The smallest absolute Gasteiger partial charge is 0.343 e. The third-order valence-electron chi connectivity index (χ3n) is 4.52. The number of likely N-dealkylation sites (N-methyl/N-ethyl adjacent to an activating group) is 1. The number of thiazole rings is 1. The number of carbonyl (C=O) groups is 2. The Morgan fingerprint density at radius 3 is 2.41 bits per heavy atom. The Morgan fingerprint density at radius 1 is 1.14 bits per heavy atom. The predicted molar refractivity (Wildman–Crippen MR) is 105 cm³/mol. The van der Waals surface area contributed by atoms with Gasteiger partial charge in [-0.05, 0) is 43.3 Å². The van der Waals surface area contributed by atoms with Crippen molar-refractivity contribution in [2.75, 3.05) is 13.6 Å². The van der Waals surface area contributed by atoms with Crippen molar-refractivity contribution in [2.45, 2.75) is 19.1 Å². The van der Waals surface area contributed by atoms with Gasteiger partial charge >= 0.3 is 6.18 Å². The molecule has 1 unspecified atom stereocenters. The summed E-state index contributed by atoms with van der Waals surface area (Å²) in [6.07, 6.45) is -4.47. The summed E-state index contributed by atoms with van der Waals surface area (Å²) in [6.45, 7) is 1.57. The monoisotopic (exact) mass is 421 g/mol. The highest BCUT2D eigenvalue weighted by molar-refractivity contribution is 7.18. The fourth-order valence-electron chi connectivity index (χ4n) is 2.64. The van der Waals surface area contributed by atoms with Crippen LogP contribution in [0.15, 0.2) is 48.5 Å². The van der Waals surface area contributed by atoms with Crippen molar-refractivity contribution in [3.8, 4) is 0 Å². The van der Waals surface area contributed by atoms with Crippen molar-refractivity contribution < 1.29 is 22.8 Å². The van der Waals surface area contributed by atoms with Crippen molar-refractivity contribution in [2.24, 2.45) is 0 Å². The van der Waals surface area contributed by atoms with Crippen LogP contribution >= 0.6 is 11.3 Å². The Kier molecular flexibility index (Phi) is 5.88. The molecule has 0 aliphatic rings. The second kappa shape index (κ2) is 8.20. The number of halogens is 3. The summed E-state index contributed by atoms with van der Waals surface area (Å²) in [5, 5.41) is 3.22. The molecule has 3 rings (SSSR count). The molecule has 0 spiro atoms. The van der Waals surface area contributed by atoms with Gasteiger partial charge in [0.1, 0.15) is 5.01 Å². The molecule has 1 heterocycles. The Balaban J connectivity index is 1.59. The largest absolute Gasteiger partial charge is 0.416 e. The number of hydrogen-bond acceptors (Lipinski definition) is 4. The number of rotatable bonds is 5. The van der Waals surface area contributed by atoms with E-state index in [1.165, 1.54) is 16.2 Å². The van der Waals surface area contributed by atoms with Crippen LogP contribution in [0.4, 0.5) is 13.2 Å².